The molecule has 0 N–H and O–H groups in total. The molecule has 0 aromatic carbocycles. The molecule has 0 saturated heterocycles. The summed E-state index contributed by atoms with van der Waals surface area (Å²) < 4.78 is 3.71. The minimum Gasteiger partial charge on any atom is -0.293 e. The summed E-state index contributed by atoms with van der Waals surface area (Å²) in [6.45, 7) is 0. The predicted octanol–water partition coefficient (Wildman–Crippen LogP) is 1.77. The Morgan fingerprint density at radius 2 is 2.44 bits per heavy atom. The maximum absolute atomic E-state index is 10.5. The van der Waals surface area contributed by atoms with Crippen LogP contribution in [0.2, 0.25) is 0 Å². The first kappa shape index (κ1) is 8.91. The van der Waals surface area contributed by atoms with Gasteiger partial charge in [0.1, 0.15) is 0 Å². The lowest BCUT2D eigenvalue weighted by molar-refractivity contribution is -0.111. The molecule has 0 aromatic rings. The van der Waals surface area contributed by atoms with Crippen LogP contribution in [-0.2, 0) is 4.79 Å². The first-order valence-corrected chi connectivity index (χ1v) is 3.10. The Hall–Kier alpha value is -0.0900. The van der Waals surface area contributed by atoms with Gasteiger partial charge in [0.15, 0.2) is 5.78 Å². The minimum absolute atomic E-state index is 0. The molecule has 0 aliphatic carbocycles. The van der Waals surface area contributed by atoms with E-state index in [1.807, 2.05) is 0 Å². The maximum Gasteiger partial charge on any atom is 0.178 e. The van der Waals surface area contributed by atoms with Gasteiger partial charge in [-0.05, 0) is 5.41 Å². The molecule has 1 aliphatic rings. The Kier molecular flexibility index (Phi) is 4.71. The number of hydrogen-bond acceptors (Lipinski definition) is 3. The van der Waals surface area contributed by atoms with Crippen molar-refractivity contribution >= 4 is 40.9 Å². The second-order valence-corrected chi connectivity index (χ2v) is 2.08. The Bertz CT molecular complexity index is 155. The molecular formula is C5H6BrNOS. The number of carbonyl (C=O) groups is 1. The SMILES string of the molecule is Br.O=C1C=NSC=CC1. The first-order chi connectivity index (χ1) is 3.89. The van der Waals surface area contributed by atoms with Gasteiger partial charge in [-0.1, -0.05) is 6.08 Å². The average molecular weight is 208 g/mol. The van der Waals surface area contributed by atoms with Crippen LogP contribution in [0.1, 0.15) is 6.42 Å². The summed E-state index contributed by atoms with van der Waals surface area (Å²) in [4.78, 5) is 10.5. The number of rotatable bonds is 0. The summed E-state index contributed by atoms with van der Waals surface area (Å²) in [5.74, 6) is 0.0752. The normalized spacial score (nSPS) is 16.7. The van der Waals surface area contributed by atoms with Crippen molar-refractivity contribution in [2.45, 2.75) is 6.42 Å². The van der Waals surface area contributed by atoms with Crippen LogP contribution in [0.25, 0.3) is 0 Å². The summed E-state index contributed by atoms with van der Waals surface area (Å²) in [6.07, 6.45) is 3.65. The third kappa shape index (κ3) is 3.48. The van der Waals surface area contributed by atoms with Gasteiger partial charge in [-0.2, -0.15) is 0 Å². The first-order valence-electron chi connectivity index (χ1n) is 2.26. The van der Waals surface area contributed by atoms with Crippen molar-refractivity contribution in [2.24, 2.45) is 4.40 Å². The highest BCUT2D eigenvalue weighted by Gasteiger charge is 1.94. The van der Waals surface area contributed by atoms with Crippen molar-refractivity contribution in [1.29, 1.82) is 0 Å². The highest BCUT2D eigenvalue weighted by atomic mass is 79.9. The van der Waals surface area contributed by atoms with Crippen molar-refractivity contribution in [3.8, 4) is 0 Å². The van der Waals surface area contributed by atoms with E-state index in [2.05, 4.69) is 4.40 Å². The van der Waals surface area contributed by atoms with E-state index in [1.54, 1.807) is 11.5 Å². The van der Waals surface area contributed by atoms with Gasteiger partial charge in [-0.3, -0.25) is 4.79 Å². The van der Waals surface area contributed by atoms with Crippen LogP contribution in [0.5, 0.6) is 0 Å². The van der Waals surface area contributed by atoms with E-state index in [1.165, 1.54) is 18.2 Å². The summed E-state index contributed by atoms with van der Waals surface area (Å²) in [7, 11) is 0. The summed E-state index contributed by atoms with van der Waals surface area (Å²) in [5, 5.41) is 1.81. The van der Waals surface area contributed by atoms with Crippen LogP contribution >= 0.6 is 28.9 Å². The average Bonchev–Trinajstić information content (AvgIpc) is 1.94. The van der Waals surface area contributed by atoms with Crippen LogP contribution in [0.15, 0.2) is 15.9 Å². The van der Waals surface area contributed by atoms with E-state index < -0.39 is 0 Å². The summed E-state index contributed by atoms with van der Waals surface area (Å²) >= 11 is 1.29. The van der Waals surface area contributed by atoms with E-state index in [-0.39, 0.29) is 22.8 Å². The van der Waals surface area contributed by atoms with Crippen LogP contribution < -0.4 is 0 Å². The second-order valence-electron chi connectivity index (χ2n) is 1.38. The quantitative estimate of drug-likeness (QED) is 0.567. The lowest BCUT2D eigenvalue weighted by Crippen LogP contribution is -1.93. The van der Waals surface area contributed by atoms with Crippen molar-refractivity contribution in [2.75, 3.05) is 0 Å². The molecule has 1 aliphatic heterocycles. The monoisotopic (exact) mass is 207 g/mol. The minimum atomic E-state index is 0. The van der Waals surface area contributed by atoms with E-state index in [4.69, 9.17) is 0 Å². The third-order valence-electron chi connectivity index (χ3n) is 0.734. The molecule has 1 rings (SSSR count). The van der Waals surface area contributed by atoms with Crippen LogP contribution in [-0.4, -0.2) is 12.0 Å². The molecule has 0 unspecified atom stereocenters. The zero-order valence-electron chi connectivity index (χ0n) is 4.61. The topological polar surface area (TPSA) is 29.4 Å². The van der Waals surface area contributed by atoms with Gasteiger partial charge in [0.2, 0.25) is 0 Å². The van der Waals surface area contributed by atoms with Crippen LogP contribution in [0, 0.1) is 0 Å². The number of nitrogens with zero attached hydrogens (tertiary/aromatic N) is 1. The van der Waals surface area contributed by atoms with Gasteiger partial charge in [-0.15, -0.1) is 17.0 Å². The Morgan fingerprint density at radius 3 is 3.22 bits per heavy atom. The van der Waals surface area contributed by atoms with Crippen LogP contribution in [0.3, 0.4) is 0 Å². The lowest BCUT2D eigenvalue weighted by atomic mass is 10.3. The molecule has 0 radical (unpaired) electrons. The molecule has 1 heterocycles. The Labute approximate surface area is 68.3 Å². The van der Waals surface area contributed by atoms with E-state index in [0.717, 1.165) is 0 Å². The van der Waals surface area contributed by atoms with Gasteiger partial charge in [0.05, 0.1) is 6.21 Å². The fourth-order valence-electron chi connectivity index (χ4n) is 0.384. The highest BCUT2D eigenvalue weighted by molar-refractivity contribution is 8.93. The molecule has 0 aromatic heterocycles. The molecular weight excluding hydrogens is 202 g/mol. The number of hydrogen-bond donors (Lipinski definition) is 0. The molecule has 0 amide bonds. The third-order valence-corrected chi connectivity index (χ3v) is 1.27. The molecule has 50 valence electrons. The summed E-state index contributed by atoms with van der Waals surface area (Å²) in [6, 6.07) is 0. The Balaban J connectivity index is 0.000000640. The molecule has 0 bridgehead atoms. The van der Waals surface area contributed by atoms with Gasteiger partial charge in [0, 0.05) is 18.4 Å². The zero-order chi connectivity index (χ0) is 5.82. The molecule has 0 atom stereocenters. The van der Waals surface area contributed by atoms with Gasteiger partial charge >= 0.3 is 0 Å². The predicted molar refractivity (Wildman–Crippen MR) is 45.2 cm³/mol. The number of ketones is 1. The number of allylic oxidation sites excluding steroid dienone is 1. The van der Waals surface area contributed by atoms with Crippen molar-refractivity contribution < 1.29 is 4.79 Å². The molecule has 0 spiro atoms. The zero-order valence-corrected chi connectivity index (χ0v) is 7.14. The molecule has 0 fully saturated rings. The van der Waals surface area contributed by atoms with Crippen molar-refractivity contribution in [3.63, 3.8) is 0 Å². The standard InChI is InChI=1S/C5H5NOS.BrH/c7-5-2-1-3-8-6-4-5;/h1,3-4H,2H2;1H. The lowest BCUT2D eigenvalue weighted by Gasteiger charge is -1.76. The number of carbonyl (C=O) groups excluding carboxylic acids is 1. The number of Topliss-reactive ketones (excluding diaryl/α,β-unsaturated/α-hetero) is 1. The smallest absolute Gasteiger partial charge is 0.178 e. The van der Waals surface area contributed by atoms with Gasteiger partial charge in [-0.25, -0.2) is 4.40 Å². The number of halogens is 1. The van der Waals surface area contributed by atoms with E-state index in [0.29, 0.717) is 6.42 Å². The van der Waals surface area contributed by atoms with Crippen molar-refractivity contribution in [1.82, 2.24) is 0 Å². The highest BCUT2D eigenvalue weighted by Crippen LogP contribution is 2.06. The fourth-order valence-corrected chi connectivity index (χ4v) is 0.815. The second kappa shape index (κ2) is 4.76. The largest absolute Gasteiger partial charge is 0.293 e. The molecule has 0 saturated carbocycles. The summed E-state index contributed by atoms with van der Waals surface area (Å²) in [5.41, 5.74) is 0. The maximum atomic E-state index is 10.5. The van der Waals surface area contributed by atoms with Gasteiger partial charge < -0.3 is 0 Å². The Morgan fingerprint density at radius 1 is 1.67 bits per heavy atom. The molecule has 2 nitrogen and oxygen atoms in total. The van der Waals surface area contributed by atoms with E-state index >= 15 is 0 Å². The molecule has 9 heavy (non-hydrogen) atoms. The van der Waals surface area contributed by atoms with E-state index in [9.17, 15) is 4.79 Å². The van der Waals surface area contributed by atoms with Crippen molar-refractivity contribution in [3.05, 3.63) is 11.5 Å². The molecule has 4 heteroatoms. The van der Waals surface area contributed by atoms with Gasteiger partial charge in [0.25, 0.3) is 0 Å². The fraction of sp³-hybridized carbons (Fsp3) is 0.200. The van der Waals surface area contributed by atoms with Crippen LogP contribution in [0.4, 0.5) is 0 Å².